The molecule has 1 aliphatic rings. The van der Waals surface area contributed by atoms with E-state index < -0.39 is 10.0 Å². The molecule has 0 unspecified atom stereocenters. The smallest absolute Gasteiger partial charge is 0.243 e. The van der Waals surface area contributed by atoms with Crippen molar-refractivity contribution in [2.75, 3.05) is 25.0 Å². The molecule has 6 nitrogen and oxygen atoms in total. The van der Waals surface area contributed by atoms with Gasteiger partial charge in [-0.05, 0) is 58.2 Å². The average Bonchev–Trinajstić information content (AvgIpc) is 2.53. The molecule has 1 amide bonds. The number of nitrogens with one attached hydrogen (secondary N) is 2. The molecule has 1 heterocycles. The third-order valence-electron chi connectivity index (χ3n) is 4.09. The Labute approximate surface area is 151 Å². The van der Waals surface area contributed by atoms with Crippen LogP contribution in [0, 0.1) is 6.92 Å². The first kappa shape index (κ1) is 19.7. The third-order valence-corrected chi connectivity index (χ3v) is 6.13. The van der Waals surface area contributed by atoms with Gasteiger partial charge >= 0.3 is 0 Å². The molecule has 0 radical (unpaired) electrons. The second kappa shape index (κ2) is 7.74. The minimum absolute atomic E-state index is 0.101. The van der Waals surface area contributed by atoms with Crippen molar-refractivity contribution in [2.45, 2.75) is 57.4 Å². The van der Waals surface area contributed by atoms with Crippen LogP contribution in [0.2, 0.25) is 0 Å². The molecular formula is C18H29N3O3S. The number of carbonyl (C=O) groups excluding carboxylic acids is 1. The molecule has 7 heteroatoms. The van der Waals surface area contributed by atoms with Crippen LogP contribution in [-0.4, -0.2) is 43.8 Å². The van der Waals surface area contributed by atoms with Gasteiger partial charge in [-0.3, -0.25) is 4.79 Å². The van der Waals surface area contributed by atoms with Gasteiger partial charge in [0.15, 0.2) is 0 Å². The zero-order chi connectivity index (χ0) is 18.7. The van der Waals surface area contributed by atoms with Crippen LogP contribution in [0.25, 0.3) is 0 Å². The number of amides is 1. The molecule has 1 fully saturated rings. The van der Waals surface area contributed by atoms with Gasteiger partial charge in [0.1, 0.15) is 0 Å². The molecule has 0 spiro atoms. The summed E-state index contributed by atoms with van der Waals surface area (Å²) in [4.78, 5) is 12.2. The maximum atomic E-state index is 12.9. The summed E-state index contributed by atoms with van der Waals surface area (Å²) >= 11 is 0. The number of rotatable bonds is 5. The molecule has 0 atom stereocenters. The second-order valence-electron chi connectivity index (χ2n) is 7.60. The Hall–Kier alpha value is -1.60. The van der Waals surface area contributed by atoms with E-state index in [1.807, 2.05) is 20.8 Å². The number of sulfonamides is 1. The topological polar surface area (TPSA) is 78.5 Å². The van der Waals surface area contributed by atoms with Crippen LogP contribution in [0.15, 0.2) is 23.1 Å². The van der Waals surface area contributed by atoms with Crippen molar-refractivity contribution in [1.82, 2.24) is 9.62 Å². The summed E-state index contributed by atoms with van der Waals surface area (Å²) in [6.45, 7) is 8.80. The molecule has 140 valence electrons. The number of aryl methyl sites for hydroxylation is 1. The zero-order valence-electron chi connectivity index (χ0n) is 15.6. The van der Waals surface area contributed by atoms with Crippen molar-refractivity contribution in [3.05, 3.63) is 23.8 Å². The van der Waals surface area contributed by atoms with E-state index in [-0.39, 0.29) is 18.0 Å². The average molecular weight is 368 g/mol. The molecule has 0 bridgehead atoms. The molecule has 25 heavy (non-hydrogen) atoms. The highest BCUT2D eigenvalue weighted by Crippen LogP contribution is 2.25. The van der Waals surface area contributed by atoms with Crippen LogP contribution in [0.1, 0.15) is 45.6 Å². The highest BCUT2D eigenvalue weighted by atomic mass is 32.2. The number of carbonyl (C=O) groups is 1. The van der Waals surface area contributed by atoms with Crippen LogP contribution in [0.4, 0.5) is 5.69 Å². The van der Waals surface area contributed by atoms with Gasteiger partial charge in [-0.25, -0.2) is 8.42 Å². The fraction of sp³-hybridized carbons (Fsp3) is 0.611. The molecule has 1 saturated heterocycles. The molecule has 1 aromatic rings. The van der Waals surface area contributed by atoms with Crippen molar-refractivity contribution in [3.8, 4) is 0 Å². The van der Waals surface area contributed by atoms with Crippen molar-refractivity contribution in [2.24, 2.45) is 0 Å². The molecule has 1 aromatic carbocycles. The van der Waals surface area contributed by atoms with E-state index in [1.54, 1.807) is 29.4 Å². The van der Waals surface area contributed by atoms with Gasteiger partial charge in [-0.2, -0.15) is 4.31 Å². The van der Waals surface area contributed by atoms with E-state index in [1.165, 1.54) is 0 Å². The maximum absolute atomic E-state index is 12.9. The molecule has 2 rings (SSSR count). The highest BCUT2D eigenvalue weighted by molar-refractivity contribution is 7.89. The second-order valence-corrected chi connectivity index (χ2v) is 9.50. The lowest BCUT2D eigenvalue weighted by atomic mass is 10.1. The summed E-state index contributed by atoms with van der Waals surface area (Å²) in [5.74, 6) is -0.131. The molecule has 2 N–H and O–H groups in total. The Balaban J connectivity index is 2.13. The predicted octanol–water partition coefficient (Wildman–Crippen LogP) is 2.50. The Bertz CT molecular complexity index is 718. The van der Waals surface area contributed by atoms with Crippen molar-refractivity contribution in [3.63, 3.8) is 0 Å². The van der Waals surface area contributed by atoms with Gasteiger partial charge < -0.3 is 10.6 Å². The van der Waals surface area contributed by atoms with E-state index in [0.29, 0.717) is 23.7 Å². The van der Waals surface area contributed by atoms with Crippen LogP contribution in [-0.2, 0) is 14.8 Å². The number of piperidine rings is 1. The monoisotopic (exact) mass is 367 g/mol. The number of hydrogen-bond acceptors (Lipinski definition) is 4. The number of anilines is 1. The Kier molecular flexibility index (Phi) is 6.11. The first-order chi connectivity index (χ1) is 11.6. The normalized spacial score (nSPS) is 16.5. The van der Waals surface area contributed by atoms with E-state index in [2.05, 4.69) is 10.6 Å². The minimum atomic E-state index is -3.49. The Morgan fingerprint density at radius 2 is 1.80 bits per heavy atom. The van der Waals surface area contributed by atoms with Crippen molar-refractivity contribution < 1.29 is 13.2 Å². The van der Waals surface area contributed by atoms with E-state index in [9.17, 15) is 13.2 Å². The van der Waals surface area contributed by atoms with Crippen LogP contribution in [0.5, 0.6) is 0 Å². The van der Waals surface area contributed by atoms with Crippen LogP contribution in [0.3, 0.4) is 0 Å². The van der Waals surface area contributed by atoms with Gasteiger partial charge in [0, 0.05) is 24.3 Å². The summed E-state index contributed by atoms with van der Waals surface area (Å²) in [5, 5.41) is 5.88. The fourth-order valence-corrected chi connectivity index (χ4v) is 4.64. The van der Waals surface area contributed by atoms with E-state index >= 15 is 0 Å². The van der Waals surface area contributed by atoms with Gasteiger partial charge in [-0.1, -0.05) is 12.5 Å². The number of nitrogens with zero attached hydrogens (tertiary/aromatic N) is 1. The SMILES string of the molecule is Cc1ccc(NCC(=O)NC(C)(C)C)cc1S(=O)(=O)N1CCCCC1. The number of hydrogen-bond donors (Lipinski definition) is 2. The number of benzene rings is 1. The zero-order valence-corrected chi connectivity index (χ0v) is 16.4. The van der Waals surface area contributed by atoms with Gasteiger partial charge in [-0.15, -0.1) is 0 Å². The minimum Gasteiger partial charge on any atom is -0.376 e. The third kappa shape index (κ3) is 5.44. The highest BCUT2D eigenvalue weighted by Gasteiger charge is 2.27. The summed E-state index contributed by atoms with van der Waals surface area (Å²) in [7, 11) is -3.49. The molecule has 0 aromatic heterocycles. The van der Waals surface area contributed by atoms with Crippen molar-refractivity contribution in [1.29, 1.82) is 0 Å². The van der Waals surface area contributed by atoms with Gasteiger partial charge in [0.25, 0.3) is 0 Å². The van der Waals surface area contributed by atoms with Crippen LogP contribution >= 0.6 is 0 Å². The van der Waals surface area contributed by atoms with Crippen LogP contribution < -0.4 is 10.6 Å². The van der Waals surface area contributed by atoms with Crippen molar-refractivity contribution >= 4 is 21.6 Å². The van der Waals surface area contributed by atoms with E-state index in [4.69, 9.17) is 0 Å². The summed E-state index contributed by atoms with van der Waals surface area (Å²) in [6.07, 6.45) is 2.89. The lowest BCUT2D eigenvalue weighted by Crippen LogP contribution is -2.43. The summed E-state index contributed by atoms with van der Waals surface area (Å²) in [5.41, 5.74) is 1.05. The van der Waals surface area contributed by atoms with Gasteiger partial charge in [0.2, 0.25) is 15.9 Å². The maximum Gasteiger partial charge on any atom is 0.243 e. The largest absolute Gasteiger partial charge is 0.376 e. The standard InChI is InChI=1S/C18H29N3O3S/c1-14-8-9-15(19-13-17(22)20-18(2,3)4)12-16(14)25(23,24)21-10-6-5-7-11-21/h8-9,12,19H,5-7,10-11,13H2,1-4H3,(H,20,22). The molecular weight excluding hydrogens is 338 g/mol. The molecule has 1 aliphatic heterocycles. The lowest BCUT2D eigenvalue weighted by Gasteiger charge is -2.26. The predicted molar refractivity (Wildman–Crippen MR) is 100 cm³/mol. The summed E-state index contributed by atoms with van der Waals surface area (Å²) < 4.78 is 27.4. The Morgan fingerprint density at radius 3 is 2.40 bits per heavy atom. The summed E-state index contributed by atoms with van der Waals surface area (Å²) in [6, 6.07) is 5.21. The fourth-order valence-electron chi connectivity index (χ4n) is 2.88. The quantitative estimate of drug-likeness (QED) is 0.838. The molecule has 0 aliphatic carbocycles. The van der Waals surface area contributed by atoms with Gasteiger partial charge in [0.05, 0.1) is 11.4 Å². The first-order valence-electron chi connectivity index (χ1n) is 8.75. The van der Waals surface area contributed by atoms with E-state index in [0.717, 1.165) is 24.8 Å². The Morgan fingerprint density at radius 1 is 1.16 bits per heavy atom. The first-order valence-corrected chi connectivity index (χ1v) is 10.2. The lowest BCUT2D eigenvalue weighted by molar-refractivity contribution is -0.120. The molecule has 0 saturated carbocycles.